The van der Waals surface area contributed by atoms with Crippen molar-refractivity contribution >= 4 is 22.6 Å². The number of aromatic nitrogens is 2. The standard InChI is InChI=1S/C11H9IN2O3/c1-17-7-5-3-2-4-6(7)9-13-10(15)8(12)11(16)14-9/h2-5H,1H3,(H2,13,14,15,16). The Morgan fingerprint density at radius 2 is 2.12 bits per heavy atom. The van der Waals surface area contributed by atoms with Crippen molar-refractivity contribution < 1.29 is 9.84 Å². The van der Waals surface area contributed by atoms with E-state index in [1.807, 2.05) is 6.07 Å². The number of hydrogen-bond donors (Lipinski definition) is 2. The van der Waals surface area contributed by atoms with Gasteiger partial charge in [0.1, 0.15) is 15.1 Å². The van der Waals surface area contributed by atoms with E-state index in [1.54, 1.807) is 40.8 Å². The molecule has 1 heterocycles. The summed E-state index contributed by atoms with van der Waals surface area (Å²) in [5, 5.41) is 9.53. The fraction of sp³-hybridized carbons (Fsp3) is 0.0909. The van der Waals surface area contributed by atoms with Gasteiger partial charge in [-0.3, -0.25) is 4.79 Å². The summed E-state index contributed by atoms with van der Waals surface area (Å²) in [7, 11) is 1.53. The largest absolute Gasteiger partial charge is 0.496 e. The minimum Gasteiger partial charge on any atom is -0.496 e. The topological polar surface area (TPSA) is 75.2 Å². The Balaban J connectivity index is 2.65. The van der Waals surface area contributed by atoms with Crippen molar-refractivity contribution in [3.05, 3.63) is 38.2 Å². The summed E-state index contributed by atoms with van der Waals surface area (Å²) in [4.78, 5) is 18.0. The summed E-state index contributed by atoms with van der Waals surface area (Å²) >= 11 is 1.74. The summed E-state index contributed by atoms with van der Waals surface area (Å²) in [5.74, 6) is 0.580. The number of nitrogens with one attached hydrogen (secondary N) is 1. The van der Waals surface area contributed by atoms with E-state index in [1.165, 1.54) is 7.11 Å². The van der Waals surface area contributed by atoms with E-state index >= 15 is 0 Å². The lowest BCUT2D eigenvalue weighted by Gasteiger charge is -2.07. The van der Waals surface area contributed by atoms with Crippen molar-refractivity contribution in [2.45, 2.75) is 0 Å². The minimum atomic E-state index is -0.376. The summed E-state index contributed by atoms with van der Waals surface area (Å²) in [5.41, 5.74) is 0.248. The highest BCUT2D eigenvalue weighted by atomic mass is 127. The van der Waals surface area contributed by atoms with Crippen LogP contribution in [0.25, 0.3) is 11.4 Å². The molecule has 6 heteroatoms. The number of nitrogens with zero attached hydrogens (tertiary/aromatic N) is 1. The maximum Gasteiger partial charge on any atom is 0.268 e. The zero-order chi connectivity index (χ0) is 12.4. The van der Waals surface area contributed by atoms with Gasteiger partial charge in [-0.25, -0.2) is 0 Å². The Morgan fingerprint density at radius 3 is 2.76 bits per heavy atom. The smallest absolute Gasteiger partial charge is 0.268 e. The van der Waals surface area contributed by atoms with Crippen LogP contribution in [0.15, 0.2) is 29.1 Å². The number of ether oxygens (including phenoxy) is 1. The Morgan fingerprint density at radius 1 is 1.41 bits per heavy atom. The molecule has 1 aromatic carbocycles. The lowest BCUT2D eigenvalue weighted by Crippen LogP contribution is -2.12. The van der Waals surface area contributed by atoms with Gasteiger partial charge in [-0.05, 0) is 34.7 Å². The van der Waals surface area contributed by atoms with Crippen molar-refractivity contribution in [2.24, 2.45) is 0 Å². The lowest BCUT2D eigenvalue weighted by atomic mass is 10.2. The van der Waals surface area contributed by atoms with E-state index < -0.39 is 0 Å². The first-order valence-corrected chi connectivity index (χ1v) is 5.83. The Hall–Kier alpha value is -1.57. The summed E-state index contributed by atoms with van der Waals surface area (Å²) < 4.78 is 5.33. The predicted octanol–water partition coefficient (Wildman–Crippen LogP) is 1.76. The number of para-hydroxylation sites is 1. The third kappa shape index (κ3) is 2.26. The van der Waals surface area contributed by atoms with E-state index in [2.05, 4.69) is 9.97 Å². The second-order valence-corrected chi connectivity index (χ2v) is 4.33. The number of rotatable bonds is 2. The molecule has 0 amide bonds. The molecule has 1 aromatic heterocycles. The Kier molecular flexibility index (Phi) is 3.32. The maximum atomic E-state index is 11.5. The van der Waals surface area contributed by atoms with Crippen molar-refractivity contribution in [1.82, 2.24) is 9.97 Å². The lowest BCUT2D eigenvalue weighted by molar-refractivity contribution is 0.415. The summed E-state index contributed by atoms with van der Waals surface area (Å²) in [6, 6.07) is 7.12. The molecule has 0 fully saturated rings. The number of methoxy groups -OCH3 is 1. The highest BCUT2D eigenvalue weighted by Crippen LogP contribution is 2.27. The first kappa shape index (κ1) is 11.9. The zero-order valence-electron chi connectivity index (χ0n) is 8.90. The molecule has 0 aliphatic carbocycles. The van der Waals surface area contributed by atoms with Crippen LogP contribution in [0.3, 0.4) is 0 Å². The van der Waals surface area contributed by atoms with Crippen LogP contribution in [-0.2, 0) is 0 Å². The van der Waals surface area contributed by atoms with Gasteiger partial charge in [-0.1, -0.05) is 12.1 Å². The highest BCUT2D eigenvalue weighted by molar-refractivity contribution is 14.1. The van der Waals surface area contributed by atoms with Crippen LogP contribution in [0, 0.1) is 3.57 Å². The van der Waals surface area contributed by atoms with Crippen LogP contribution in [0.5, 0.6) is 11.6 Å². The highest BCUT2D eigenvalue weighted by Gasteiger charge is 2.12. The molecule has 0 unspecified atom stereocenters. The van der Waals surface area contributed by atoms with Crippen molar-refractivity contribution in [1.29, 1.82) is 0 Å². The van der Waals surface area contributed by atoms with Crippen LogP contribution in [0.4, 0.5) is 0 Å². The second-order valence-electron chi connectivity index (χ2n) is 3.25. The van der Waals surface area contributed by atoms with E-state index in [0.717, 1.165) is 0 Å². The summed E-state index contributed by atoms with van der Waals surface area (Å²) in [6.45, 7) is 0. The third-order valence-electron chi connectivity index (χ3n) is 2.21. The molecule has 0 aliphatic heterocycles. The number of aromatic hydroxyl groups is 1. The molecule has 5 nitrogen and oxygen atoms in total. The molecule has 0 saturated heterocycles. The molecule has 0 bridgehead atoms. The molecule has 0 atom stereocenters. The molecular formula is C11H9IN2O3. The normalized spacial score (nSPS) is 10.2. The number of halogens is 1. The predicted molar refractivity (Wildman–Crippen MR) is 71.2 cm³/mol. The molecule has 2 N–H and O–H groups in total. The molecule has 0 radical (unpaired) electrons. The SMILES string of the molecule is COc1ccccc1-c1nc(O)c(I)c(=O)[nH]1. The van der Waals surface area contributed by atoms with Crippen molar-refractivity contribution in [2.75, 3.05) is 7.11 Å². The quantitative estimate of drug-likeness (QED) is 0.814. The fourth-order valence-electron chi connectivity index (χ4n) is 1.41. The van der Waals surface area contributed by atoms with Gasteiger partial charge < -0.3 is 14.8 Å². The fourth-order valence-corrected chi connectivity index (χ4v) is 1.67. The average molecular weight is 344 g/mol. The van der Waals surface area contributed by atoms with Gasteiger partial charge in [0.15, 0.2) is 0 Å². The zero-order valence-corrected chi connectivity index (χ0v) is 11.1. The van der Waals surface area contributed by atoms with Gasteiger partial charge in [0.2, 0.25) is 5.88 Å². The van der Waals surface area contributed by atoms with Gasteiger partial charge in [0, 0.05) is 0 Å². The number of H-pyrrole nitrogens is 1. The number of benzene rings is 1. The molecule has 17 heavy (non-hydrogen) atoms. The van der Waals surface area contributed by atoms with Gasteiger partial charge in [-0.15, -0.1) is 0 Å². The first-order valence-electron chi connectivity index (χ1n) is 4.75. The van der Waals surface area contributed by atoms with Crippen LogP contribution in [0.2, 0.25) is 0 Å². The molecule has 88 valence electrons. The maximum absolute atomic E-state index is 11.5. The van der Waals surface area contributed by atoms with E-state index in [4.69, 9.17) is 4.74 Å². The Labute approximate surface area is 111 Å². The number of aromatic amines is 1. The van der Waals surface area contributed by atoms with Crippen molar-refractivity contribution in [3.63, 3.8) is 0 Å². The van der Waals surface area contributed by atoms with Crippen molar-refractivity contribution in [3.8, 4) is 23.0 Å². The average Bonchev–Trinajstić information content (AvgIpc) is 2.35. The summed E-state index contributed by atoms with van der Waals surface area (Å²) in [6.07, 6.45) is 0. The van der Waals surface area contributed by atoms with Gasteiger partial charge in [0.25, 0.3) is 5.56 Å². The van der Waals surface area contributed by atoms with E-state index in [-0.39, 0.29) is 20.8 Å². The molecule has 2 rings (SSSR count). The second kappa shape index (κ2) is 4.74. The monoisotopic (exact) mass is 344 g/mol. The minimum absolute atomic E-state index is 0.168. The van der Waals surface area contributed by atoms with Gasteiger partial charge >= 0.3 is 0 Å². The molecule has 0 saturated carbocycles. The van der Waals surface area contributed by atoms with Crippen LogP contribution >= 0.6 is 22.6 Å². The molecular weight excluding hydrogens is 335 g/mol. The number of hydrogen-bond acceptors (Lipinski definition) is 4. The Bertz CT molecular complexity index is 610. The first-order chi connectivity index (χ1) is 8.13. The van der Waals surface area contributed by atoms with E-state index in [9.17, 15) is 9.90 Å². The van der Waals surface area contributed by atoms with Crippen LogP contribution in [0.1, 0.15) is 0 Å². The van der Waals surface area contributed by atoms with Gasteiger partial charge in [0.05, 0.1) is 12.7 Å². The third-order valence-corrected chi connectivity index (χ3v) is 3.18. The molecule has 0 spiro atoms. The van der Waals surface area contributed by atoms with Gasteiger partial charge in [-0.2, -0.15) is 4.98 Å². The van der Waals surface area contributed by atoms with E-state index in [0.29, 0.717) is 11.3 Å². The van der Waals surface area contributed by atoms with Crippen LogP contribution in [-0.4, -0.2) is 22.2 Å². The molecule has 2 aromatic rings. The molecule has 0 aliphatic rings. The van der Waals surface area contributed by atoms with Crippen LogP contribution < -0.4 is 10.3 Å².